The predicted octanol–water partition coefficient (Wildman–Crippen LogP) is 3.39. The van der Waals surface area contributed by atoms with E-state index in [2.05, 4.69) is 9.97 Å². The van der Waals surface area contributed by atoms with Gasteiger partial charge in [0.05, 0.1) is 0 Å². The van der Waals surface area contributed by atoms with Crippen molar-refractivity contribution in [2.75, 3.05) is 20.1 Å². The Hall–Kier alpha value is -2.70. The second-order valence-electron chi connectivity index (χ2n) is 8.31. The molecule has 29 heavy (non-hydrogen) atoms. The van der Waals surface area contributed by atoms with Crippen LogP contribution in [0.4, 0.5) is 4.39 Å². The number of carbonyl (C=O) groups excluding carboxylic acids is 2. The van der Waals surface area contributed by atoms with Gasteiger partial charge in [0.2, 0.25) is 5.91 Å². The van der Waals surface area contributed by atoms with Gasteiger partial charge >= 0.3 is 0 Å². The summed E-state index contributed by atoms with van der Waals surface area (Å²) in [7, 11) is 1.76. The Balaban J connectivity index is 1.42. The first-order chi connectivity index (χ1) is 13.9. The van der Waals surface area contributed by atoms with Gasteiger partial charge in [0.15, 0.2) is 0 Å². The molecule has 1 aliphatic carbocycles. The lowest BCUT2D eigenvalue weighted by Crippen LogP contribution is -2.36. The minimum Gasteiger partial charge on any atom is -0.341 e. The highest BCUT2D eigenvalue weighted by Crippen LogP contribution is 2.30. The number of hydrogen-bond donors (Lipinski definition) is 1. The summed E-state index contributed by atoms with van der Waals surface area (Å²) in [5.74, 6) is 0.442. The van der Waals surface area contributed by atoms with E-state index in [4.69, 9.17) is 0 Å². The summed E-state index contributed by atoms with van der Waals surface area (Å²) in [5, 5.41) is 0. The smallest absolute Gasteiger partial charge is 0.274 e. The lowest BCUT2D eigenvalue weighted by atomic mass is 10.1. The van der Waals surface area contributed by atoms with Gasteiger partial charge in [0, 0.05) is 49.8 Å². The van der Waals surface area contributed by atoms with E-state index in [1.54, 1.807) is 24.1 Å². The highest BCUT2D eigenvalue weighted by Gasteiger charge is 2.36. The molecule has 1 aromatic carbocycles. The number of aryl methyl sites for hydroxylation is 1. The van der Waals surface area contributed by atoms with Gasteiger partial charge in [-0.25, -0.2) is 9.37 Å². The number of imidazole rings is 1. The van der Waals surface area contributed by atoms with Crippen LogP contribution in [0, 0.1) is 18.7 Å². The first-order valence-corrected chi connectivity index (χ1v) is 10.3. The van der Waals surface area contributed by atoms with Crippen LogP contribution in [0.1, 0.15) is 48.3 Å². The van der Waals surface area contributed by atoms with Gasteiger partial charge in [-0.15, -0.1) is 0 Å². The third kappa shape index (κ3) is 4.04. The summed E-state index contributed by atoms with van der Waals surface area (Å²) in [6.07, 6.45) is 5.12. The zero-order valence-electron chi connectivity index (χ0n) is 16.9. The summed E-state index contributed by atoms with van der Waals surface area (Å²) in [6, 6.07) is 6.39. The van der Waals surface area contributed by atoms with E-state index >= 15 is 0 Å². The molecule has 1 aromatic heterocycles. The molecule has 0 radical (unpaired) electrons. The first-order valence-electron chi connectivity index (χ1n) is 10.3. The summed E-state index contributed by atoms with van der Waals surface area (Å²) < 4.78 is 13.1. The fourth-order valence-corrected chi connectivity index (χ4v) is 4.56. The molecule has 7 heteroatoms. The van der Waals surface area contributed by atoms with Crippen LogP contribution in [0.3, 0.4) is 0 Å². The molecule has 1 atom stereocenters. The van der Waals surface area contributed by atoms with Crippen molar-refractivity contribution in [3.8, 4) is 11.4 Å². The van der Waals surface area contributed by atoms with Gasteiger partial charge in [-0.3, -0.25) is 9.59 Å². The van der Waals surface area contributed by atoms with Crippen molar-refractivity contribution in [2.24, 2.45) is 5.92 Å². The molecular weight excluding hydrogens is 371 g/mol. The number of rotatable bonds is 5. The van der Waals surface area contributed by atoms with Crippen LogP contribution in [0.2, 0.25) is 0 Å². The Bertz CT molecular complexity index is 902. The van der Waals surface area contributed by atoms with Gasteiger partial charge < -0.3 is 14.8 Å². The van der Waals surface area contributed by atoms with Gasteiger partial charge in [0.25, 0.3) is 5.91 Å². The largest absolute Gasteiger partial charge is 0.341 e. The van der Waals surface area contributed by atoms with Crippen LogP contribution in [0.15, 0.2) is 24.3 Å². The molecule has 1 N–H and O–H groups in total. The lowest BCUT2D eigenvalue weighted by molar-refractivity contribution is -0.129. The third-order valence-corrected chi connectivity index (χ3v) is 6.09. The van der Waals surface area contributed by atoms with Crippen molar-refractivity contribution in [3.63, 3.8) is 0 Å². The van der Waals surface area contributed by atoms with Gasteiger partial charge in [-0.1, -0.05) is 12.8 Å². The SMILES string of the molecule is Cc1[nH]c(-c2ccc(F)cc2)nc1C(=O)N(C)CC1CC(=O)N(C2CCCC2)C1. The molecule has 2 amide bonds. The van der Waals surface area contributed by atoms with Crippen LogP contribution in [0.5, 0.6) is 0 Å². The van der Waals surface area contributed by atoms with E-state index in [1.807, 2.05) is 11.8 Å². The first kappa shape index (κ1) is 19.6. The summed E-state index contributed by atoms with van der Waals surface area (Å²) in [5.41, 5.74) is 1.77. The monoisotopic (exact) mass is 398 g/mol. The molecular formula is C22H27FN4O2. The molecule has 1 saturated heterocycles. The quantitative estimate of drug-likeness (QED) is 0.839. The van der Waals surface area contributed by atoms with Gasteiger partial charge in [-0.2, -0.15) is 0 Å². The minimum absolute atomic E-state index is 0.160. The number of carbonyl (C=O) groups is 2. The van der Waals surface area contributed by atoms with E-state index in [1.165, 1.54) is 25.0 Å². The molecule has 1 aliphatic heterocycles. The maximum absolute atomic E-state index is 13.1. The molecule has 2 aromatic rings. The minimum atomic E-state index is -0.314. The van der Waals surface area contributed by atoms with E-state index in [0.29, 0.717) is 36.2 Å². The number of halogens is 1. The van der Waals surface area contributed by atoms with Crippen LogP contribution >= 0.6 is 0 Å². The molecule has 2 heterocycles. The summed E-state index contributed by atoms with van der Waals surface area (Å²) in [6.45, 7) is 3.08. The molecule has 154 valence electrons. The van der Waals surface area contributed by atoms with Crippen molar-refractivity contribution in [1.29, 1.82) is 0 Å². The fourth-order valence-electron chi connectivity index (χ4n) is 4.56. The van der Waals surface area contributed by atoms with Crippen LogP contribution in [-0.2, 0) is 4.79 Å². The standard InChI is InChI=1S/C22H27FN4O2/c1-14-20(25-21(24-14)16-7-9-17(23)10-8-16)22(29)26(2)12-15-11-19(28)27(13-15)18-5-3-4-6-18/h7-10,15,18H,3-6,11-13H2,1-2H3,(H,24,25). The number of likely N-dealkylation sites (tertiary alicyclic amines) is 1. The Morgan fingerprint density at radius 3 is 2.66 bits per heavy atom. The topological polar surface area (TPSA) is 69.3 Å². The maximum Gasteiger partial charge on any atom is 0.274 e. The predicted molar refractivity (Wildman–Crippen MR) is 108 cm³/mol. The second kappa shape index (κ2) is 7.97. The third-order valence-electron chi connectivity index (χ3n) is 6.09. The molecule has 6 nitrogen and oxygen atoms in total. The molecule has 2 fully saturated rings. The summed E-state index contributed by atoms with van der Waals surface area (Å²) in [4.78, 5) is 36.6. The van der Waals surface area contributed by atoms with Crippen molar-refractivity contribution in [3.05, 3.63) is 41.5 Å². The molecule has 1 saturated carbocycles. The zero-order chi connectivity index (χ0) is 20.5. The maximum atomic E-state index is 13.1. The number of aromatic nitrogens is 2. The van der Waals surface area contributed by atoms with Gasteiger partial charge in [0.1, 0.15) is 17.3 Å². The molecule has 4 rings (SSSR count). The average Bonchev–Trinajstić information content (AvgIpc) is 3.42. The Morgan fingerprint density at radius 1 is 1.28 bits per heavy atom. The molecule has 0 spiro atoms. The second-order valence-corrected chi connectivity index (χ2v) is 8.31. The molecule has 1 unspecified atom stereocenters. The summed E-state index contributed by atoms with van der Waals surface area (Å²) >= 11 is 0. The van der Waals surface area contributed by atoms with E-state index < -0.39 is 0 Å². The Kier molecular flexibility index (Phi) is 5.39. The van der Waals surface area contributed by atoms with Crippen LogP contribution < -0.4 is 0 Å². The number of aromatic amines is 1. The lowest BCUT2D eigenvalue weighted by Gasteiger charge is -2.25. The molecule has 0 bridgehead atoms. The number of benzene rings is 1. The Morgan fingerprint density at radius 2 is 1.97 bits per heavy atom. The number of nitrogens with zero attached hydrogens (tertiary/aromatic N) is 3. The highest BCUT2D eigenvalue weighted by molar-refractivity contribution is 5.94. The van der Waals surface area contributed by atoms with E-state index in [-0.39, 0.29) is 23.5 Å². The number of amides is 2. The fraction of sp³-hybridized carbons (Fsp3) is 0.500. The number of hydrogen-bond acceptors (Lipinski definition) is 3. The van der Waals surface area contributed by atoms with E-state index in [9.17, 15) is 14.0 Å². The van der Waals surface area contributed by atoms with Gasteiger partial charge in [-0.05, 0) is 44.0 Å². The number of H-pyrrole nitrogens is 1. The average molecular weight is 398 g/mol. The van der Waals surface area contributed by atoms with E-state index in [0.717, 1.165) is 24.9 Å². The van der Waals surface area contributed by atoms with Crippen molar-refractivity contribution in [2.45, 2.75) is 45.1 Å². The van der Waals surface area contributed by atoms with Crippen molar-refractivity contribution < 1.29 is 14.0 Å². The van der Waals surface area contributed by atoms with Crippen molar-refractivity contribution in [1.82, 2.24) is 19.8 Å². The number of nitrogens with one attached hydrogen (secondary N) is 1. The van der Waals surface area contributed by atoms with Crippen LogP contribution in [-0.4, -0.2) is 57.8 Å². The zero-order valence-corrected chi connectivity index (χ0v) is 16.9. The normalized spacial score (nSPS) is 19.9. The Labute approximate surface area is 170 Å². The highest BCUT2D eigenvalue weighted by atomic mass is 19.1. The van der Waals surface area contributed by atoms with Crippen LogP contribution in [0.25, 0.3) is 11.4 Å². The molecule has 2 aliphatic rings. The van der Waals surface area contributed by atoms with Crippen molar-refractivity contribution >= 4 is 11.8 Å².